The summed E-state index contributed by atoms with van der Waals surface area (Å²) < 4.78 is 11.1. The summed E-state index contributed by atoms with van der Waals surface area (Å²) in [5.74, 6) is 1.13. The third-order valence-electron chi connectivity index (χ3n) is 3.28. The first-order valence-corrected chi connectivity index (χ1v) is 8.19. The van der Waals surface area contributed by atoms with Gasteiger partial charge in [-0.2, -0.15) is 0 Å². The van der Waals surface area contributed by atoms with Crippen LogP contribution < -0.4 is 25.8 Å². The Morgan fingerprint density at radius 2 is 1.71 bits per heavy atom. The molecule has 0 radical (unpaired) electrons. The van der Waals surface area contributed by atoms with Crippen molar-refractivity contribution in [1.29, 1.82) is 0 Å². The number of amides is 2. The normalized spacial score (nSPS) is 9.36. The molecule has 8 nitrogen and oxygen atoms in total. The van der Waals surface area contributed by atoms with Gasteiger partial charge in [0.05, 0.1) is 19.7 Å². The number of nitrogens with one attached hydrogen (secondary N) is 2. The number of rotatable bonds is 9. The highest BCUT2D eigenvalue weighted by atomic mass is 35.5. The molecule has 0 bridgehead atoms. The van der Waals surface area contributed by atoms with Gasteiger partial charge < -0.3 is 25.8 Å². The predicted molar refractivity (Wildman–Crippen MR) is 110 cm³/mol. The van der Waals surface area contributed by atoms with E-state index in [0.29, 0.717) is 24.8 Å². The van der Waals surface area contributed by atoms with Crippen molar-refractivity contribution in [3.8, 4) is 17.4 Å². The Morgan fingerprint density at radius 1 is 1.04 bits per heavy atom. The highest BCUT2D eigenvalue weighted by molar-refractivity contribution is 5.86. The minimum absolute atomic E-state index is 0. The summed E-state index contributed by atoms with van der Waals surface area (Å²) in [5, 5.41) is 5.10. The van der Waals surface area contributed by atoms with E-state index in [1.807, 2.05) is 19.1 Å². The van der Waals surface area contributed by atoms with E-state index in [0.717, 1.165) is 11.3 Å². The van der Waals surface area contributed by atoms with Gasteiger partial charge in [0.25, 0.3) is 0 Å². The van der Waals surface area contributed by atoms with Crippen LogP contribution in [-0.4, -0.2) is 36.5 Å². The first-order valence-electron chi connectivity index (χ1n) is 8.19. The number of nitrogens with two attached hydrogens (primary N) is 1. The average Bonchev–Trinajstić information content (AvgIpc) is 2.66. The molecule has 0 aliphatic carbocycles. The van der Waals surface area contributed by atoms with E-state index in [2.05, 4.69) is 15.6 Å². The van der Waals surface area contributed by atoms with Crippen molar-refractivity contribution in [2.45, 2.75) is 13.5 Å². The van der Waals surface area contributed by atoms with E-state index in [1.54, 1.807) is 30.5 Å². The quantitative estimate of drug-likeness (QED) is 0.558. The fourth-order valence-corrected chi connectivity index (χ4v) is 2.02. The van der Waals surface area contributed by atoms with Crippen LogP contribution >= 0.6 is 24.8 Å². The van der Waals surface area contributed by atoms with Gasteiger partial charge in [-0.15, -0.1) is 24.8 Å². The van der Waals surface area contributed by atoms with Gasteiger partial charge >= 0.3 is 0 Å². The van der Waals surface area contributed by atoms with Gasteiger partial charge in [-0.05, 0) is 42.8 Å². The van der Waals surface area contributed by atoms with Crippen molar-refractivity contribution in [3.05, 3.63) is 48.2 Å². The van der Waals surface area contributed by atoms with Crippen molar-refractivity contribution in [1.82, 2.24) is 15.6 Å². The zero-order chi connectivity index (χ0) is 18.8. The summed E-state index contributed by atoms with van der Waals surface area (Å²) in [4.78, 5) is 26.8. The van der Waals surface area contributed by atoms with E-state index in [-0.39, 0.29) is 49.7 Å². The summed E-state index contributed by atoms with van der Waals surface area (Å²) >= 11 is 0. The Labute approximate surface area is 176 Å². The topological polar surface area (TPSA) is 116 Å². The predicted octanol–water partition coefficient (Wildman–Crippen LogP) is 1.81. The first kappa shape index (κ1) is 25.4. The maximum Gasteiger partial charge on any atom is 0.239 e. The summed E-state index contributed by atoms with van der Waals surface area (Å²) in [5.41, 5.74) is 5.97. The Bertz CT molecular complexity index is 745. The summed E-state index contributed by atoms with van der Waals surface area (Å²) in [6.07, 6.45) is 1.60. The van der Waals surface area contributed by atoms with Crippen molar-refractivity contribution in [3.63, 3.8) is 0 Å². The van der Waals surface area contributed by atoms with Gasteiger partial charge in [0.2, 0.25) is 17.7 Å². The zero-order valence-corrected chi connectivity index (χ0v) is 17.0. The van der Waals surface area contributed by atoms with Crippen molar-refractivity contribution >= 4 is 36.6 Å². The molecule has 1 aromatic heterocycles. The number of hydrogen-bond donors (Lipinski definition) is 3. The Kier molecular flexibility index (Phi) is 12.4. The van der Waals surface area contributed by atoms with Gasteiger partial charge in [-0.3, -0.25) is 9.59 Å². The number of hydrogen-bond acceptors (Lipinski definition) is 6. The van der Waals surface area contributed by atoms with Gasteiger partial charge in [0.15, 0.2) is 0 Å². The molecular formula is C18H24Cl2N4O4. The number of ether oxygens (including phenoxy) is 2. The zero-order valence-electron chi connectivity index (χ0n) is 15.3. The third kappa shape index (κ3) is 8.90. The number of benzene rings is 1. The minimum atomic E-state index is -0.380. The molecule has 0 aliphatic heterocycles. The van der Waals surface area contributed by atoms with E-state index < -0.39 is 0 Å². The molecule has 1 aromatic carbocycles. The molecule has 0 saturated heterocycles. The lowest BCUT2D eigenvalue weighted by Gasteiger charge is -2.09. The molecule has 2 rings (SSSR count). The second-order valence-corrected chi connectivity index (χ2v) is 5.27. The molecule has 28 heavy (non-hydrogen) atoms. The molecule has 0 atom stereocenters. The van der Waals surface area contributed by atoms with Crippen LogP contribution in [-0.2, 0) is 16.1 Å². The number of carbonyl (C=O) groups is 2. The number of nitrogens with zero attached hydrogens (tertiary/aromatic N) is 1. The van der Waals surface area contributed by atoms with Crippen molar-refractivity contribution in [2.24, 2.45) is 5.73 Å². The van der Waals surface area contributed by atoms with Crippen LogP contribution in [0.25, 0.3) is 0 Å². The lowest BCUT2D eigenvalue weighted by Crippen LogP contribution is -2.39. The Hall–Kier alpha value is -2.55. The maximum absolute atomic E-state index is 11.7. The first-order chi connectivity index (χ1) is 12.6. The van der Waals surface area contributed by atoms with Crippen LogP contribution in [0.1, 0.15) is 12.5 Å². The van der Waals surface area contributed by atoms with Crippen LogP contribution in [0.5, 0.6) is 17.4 Å². The standard InChI is InChI=1S/C18H22N4O4.2ClH/c1-2-25-14-3-5-15(6-4-14)26-18-9-13(7-8-20-18)11-21-17(24)12-22-16(23)10-19;;/h3-9H,2,10-12,19H2,1H3,(H,21,24)(H,22,23);2*1H. The minimum Gasteiger partial charge on any atom is -0.494 e. The largest absolute Gasteiger partial charge is 0.494 e. The molecule has 154 valence electrons. The third-order valence-corrected chi connectivity index (χ3v) is 3.28. The van der Waals surface area contributed by atoms with E-state index in [9.17, 15) is 9.59 Å². The van der Waals surface area contributed by atoms with Crippen LogP contribution in [0.2, 0.25) is 0 Å². The number of pyridine rings is 1. The number of aromatic nitrogens is 1. The van der Waals surface area contributed by atoms with E-state index in [1.165, 1.54) is 0 Å². The Balaban J connectivity index is 0.00000364. The van der Waals surface area contributed by atoms with Gasteiger partial charge in [-0.25, -0.2) is 4.98 Å². The second-order valence-electron chi connectivity index (χ2n) is 5.27. The van der Waals surface area contributed by atoms with Crippen LogP contribution in [0.3, 0.4) is 0 Å². The molecule has 0 fully saturated rings. The fourth-order valence-electron chi connectivity index (χ4n) is 2.02. The molecule has 0 spiro atoms. The fraction of sp³-hybridized carbons (Fsp3) is 0.278. The Morgan fingerprint density at radius 3 is 2.36 bits per heavy atom. The summed E-state index contributed by atoms with van der Waals surface area (Å²) in [6, 6.07) is 10.7. The molecule has 2 aromatic rings. The van der Waals surface area contributed by atoms with Crippen molar-refractivity contribution in [2.75, 3.05) is 19.7 Å². The molecule has 1 heterocycles. The molecule has 10 heteroatoms. The smallest absolute Gasteiger partial charge is 0.239 e. The number of carbonyl (C=O) groups excluding carboxylic acids is 2. The van der Waals surface area contributed by atoms with Gasteiger partial charge in [-0.1, -0.05) is 0 Å². The highest BCUT2D eigenvalue weighted by Crippen LogP contribution is 2.23. The molecule has 4 N–H and O–H groups in total. The van der Waals surface area contributed by atoms with Crippen LogP contribution in [0.4, 0.5) is 0 Å². The monoisotopic (exact) mass is 430 g/mol. The van der Waals surface area contributed by atoms with Gasteiger partial charge in [0.1, 0.15) is 11.5 Å². The van der Waals surface area contributed by atoms with Crippen LogP contribution in [0.15, 0.2) is 42.6 Å². The van der Waals surface area contributed by atoms with E-state index >= 15 is 0 Å². The van der Waals surface area contributed by atoms with Gasteiger partial charge in [0, 0.05) is 18.8 Å². The lowest BCUT2D eigenvalue weighted by molar-refractivity contribution is -0.125. The highest BCUT2D eigenvalue weighted by Gasteiger charge is 2.05. The molecule has 0 saturated carbocycles. The van der Waals surface area contributed by atoms with Crippen LogP contribution in [0, 0.1) is 0 Å². The molecule has 0 aliphatic rings. The molecule has 2 amide bonds. The van der Waals surface area contributed by atoms with Crippen molar-refractivity contribution < 1.29 is 19.1 Å². The summed E-state index contributed by atoms with van der Waals surface area (Å²) in [6.45, 7) is 2.55. The SMILES string of the molecule is CCOc1ccc(Oc2cc(CNC(=O)CNC(=O)CN)ccn2)cc1.Cl.Cl. The second kappa shape index (κ2) is 13.6. The van der Waals surface area contributed by atoms with E-state index in [4.69, 9.17) is 15.2 Å². The molecule has 0 unspecified atom stereocenters. The summed E-state index contributed by atoms with van der Waals surface area (Å²) in [7, 11) is 0. The molecular weight excluding hydrogens is 407 g/mol. The average molecular weight is 431 g/mol. The maximum atomic E-state index is 11.7. The number of halogens is 2. The lowest BCUT2D eigenvalue weighted by atomic mass is 10.2.